The number of benzene rings is 2. The van der Waals surface area contributed by atoms with E-state index in [4.69, 9.17) is 0 Å². The minimum atomic E-state index is -1.67. The molecular weight excluding hydrogens is 340 g/mol. The number of hydrogen-bond donors (Lipinski definition) is 5. The molecule has 1 fully saturated rings. The summed E-state index contributed by atoms with van der Waals surface area (Å²) in [6, 6.07) is 10.6. The lowest BCUT2D eigenvalue weighted by Crippen LogP contribution is -2.64. The number of carbonyl (C=O) groups is 2. The first kappa shape index (κ1) is 19.2. The quantitative estimate of drug-likeness (QED) is 0.543. The van der Waals surface area contributed by atoms with E-state index in [9.17, 15) is 30.0 Å². The highest BCUT2D eigenvalue weighted by Gasteiger charge is 2.58. The molecule has 2 aromatic rings. The average molecular weight is 360 g/mol. The monoisotopic (exact) mass is 360 g/mol. The molecule has 0 bridgehead atoms. The summed E-state index contributed by atoms with van der Waals surface area (Å²) in [5, 5.41) is 39.8. The molecule has 2 unspecified atom stereocenters. The third kappa shape index (κ3) is 2.75. The highest BCUT2D eigenvalue weighted by molar-refractivity contribution is 5.86. The van der Waals surface area contributed by atoms with E-state index in [0.717, 1.165) is 0 Å². The van der Waals surface area contributed by atoms with Crippen LogP contribution in [0.25, 0.3) is 0 Å². The minimum absolute atomic E-state index is 0. The Balaban J connectivity index is 0.00000243. The second-order valence-electron chi connectivity index (χ2n) is 5.93. The Bertz CT molecular complexity index is 840. The first-order valence-corrected chi connectivity index (χ1v) is 7.69. The molecular formula is C18H20N2O6. The zero-order valence-corrected chi connectivity index (χ0v) is 13.9. The second kappa shape index (κ2) is 7.03. The lowest BCUT2D eigenvalue weighted by molar-refractivity contribution is -0.174. The molecule has 1 aliphatic heterocycles. The van der Waals surface area contributed by atoms with E-state index in [1.807, 2.05) is 0 Å². The van der Waals surface area contributed by atoms with Gasteiger partial charge in [-0.1, -0.05) is 36.4 Å². The SMILES string of the molecule is N.O=C(O)C(c1ccccc1O)N1CCC1(C(=O)O)c1ccccc1O. The molecule has 8 heteroatoms. The predicted molar refractivity (Wildman–Crippen MR) is 92.2 cm³/mol. The summed E-state index contributed by atoms with van der Waals surface area (Å²) in [5.41, 5.74) is -1.43. The van der Waals surface area contributed by atoms with Gasteiger partial charge in [0.1, 0.15) is 17.5 Å². The highest BCUT2D eigenvalue weighted by Crippen LogP contribution is 2.49. The summed E-state index contributed by atoms with van der Waals surface area (Å²) in [7, 11) is 0. The lowest BCUT2D eigenvalue weighted by atomic mass is 9.75. The molecule has 2 aromatic carbocycles. The van der Waals surface area contributed by atoms with Crippen molar-refractivity contribution in [1.82, 2.24) is 11.1 Å². The van der Waals surface area contributed by atoms with Crippen molar-refractivity contribution in [3.05, 3.63) is 59.7 Å². The zero-order valence-electron chi connectivity index (χ0n) is 13.9. The molecule has 0 spiro atoms. The lowest BCUT2D eigenvalue weighted by Gasteiger charge is -2.52. The number of phenols is 2. The summed E-state index contributed by atoms with van der Waals surface area (Å²) < 4.78 is 0. The highest BCUT2D eigenvalue weighted by atomic mass is 16.4. The molecule has 138 valence electrons. The minimum Gasteiger partial charge on any atom is -0.508 e. The largest absolute Gasteiger partial charge is 0.508 e. The summed E-state index contributed by atoms with van der Waals surface area (Å²) >= 11 is 0. The summed E-state index contributed by atoms with van der Waals surface area (Å²) in [4.78, 5) is 25.3. The number of likely N-dealkylation sites (tertiary alicyclic amines) is 1. The van der Waals surface area contributed by atoms with Crippen molar-refractivity contribution in [3.63, 3.8) is 0 Å². The van der Waals surface area contributed by atoms with E-state index >= 15 is 0 Å². The average Bonchev–Trinajstić information content (AvgIpc) is 2.54. The fraction of sp³-hybridized carbons (Fsp3) is 0.222. The van der Waals surface area contributed by atoms with Gasteiger partial charge in [-0.3, -0.25) is 9.69 Å². The standard InChI is InChI=1S/C18H17NO6.H3N/c20-13-7-3-1-5-11(13)15(16(22)23)19-10-9-18(19,17(24)25)12-6-2-4-8-14(12)21;/h1-8,15,20-21H,9-10H2,(H,22,23)(H,24,25);1H3. The maximum atomic E-state index is 12.1. The number of carboxylic acids is 2. The van der Waals surface area contributed by atoms with Gasteiger partial charge in [0.05, 0.1) is 0 Å². The Labute approximate surface area is 149 Å². The molecule has 7 N–H and O–H groups in total. The van der Waals surface area contributed by atoms with Crippen LogP contribution in [0.2, 0.25) is 0 Å². The Morgan fingerprint density at radius 3 is 2.00 bits per heavy atom. The van der Waals surface area contributed by atoms with Crippen molar-refractivity contribution in [2.75, 3.05) is 6.54 Å². The van der Waals surface area contributed by atoms with E-state index < -0.39 is 23.5 Å². The maximum Gasteiger partial charge on any atom is 0.329 e. The zero-order chi connectivity index (χ0) is 18.2. The third-order valence-electron chi connectivity index (χ3n) is 4.69. The van der Waals surface area contributed by atoms with Gasteiger partial charge in [-0.15, -0.1) is 0 Å². The molecule has 1 heterocycles. The van der Waals surface area contributed by atoms with Crippen LogP contribution < -0.4 is 6.15 Å². The van der Waals surface area contributed by atoms with Gasteiger partial charge in [-0.05, 0) is 18.6 Å². The van der Waals surface area contributed by atoms with Crippen molar-refractivity contribution in [1.29, 1.82) is 0 Å². The number of aromatic hydroxyl groups is 2. The first-order valence-electron chi connectivity index (χ1n) is 7.69. The van der Waals surface area contributed by atoms with Gasteiger partial charge in [-0.25, -0.2) is 4.79 Å². The molecule has 26 heavy (non-hydrogen) atoms. The van der Waals surface area contributed by atoms with Gasteiger partial charge >= 0.3 is 11.9 Å². The van der Waals surface area contributed by atoms with Crippen LogP contribution in [0.3, 0.4) is 0 Å². The van der Waals surface area contributed by atoms with Gasteiger partial charge in [0.2, 0.25) is 0 Å². The first-order chi connectivity index (χ1) is 11.9. The van der Waals surface area contributed by atoms with Crippen molar-refractivity contribution < 1.29 is 30.0 Å². The molecule has 0 saturated carbocycles. The predicted octanol–water partition coefficient (Wildman–Crippen LogP) is 2.07. The van der Waals surface area contributed by atoms with E-state index in [1.54, 1.807) is 24.3 Å². The molecule has 8 nitrogen and oxygen atoms in total. The van der Waals surface area contributed by atoms with Crippen LogP contribution in [-0.2, 0) is 15.1 Å². The molecule has 0 aromatic heterocycles. The second-order valence-corrected chi connectivity index (χ2v) is 5.93. The molecule has 0 radical (unpaired) electrons. The summed E-state index contributed by atoms with van der Waals surface area (Å²) in [6.45, 7) is 0.200. The Morgan fingerprint density at radius 1 is 0.962 bits per heavy atom. The Hall–Kier alpha value is -3.10. The molecule has 0 amide bonds. The van der Waals surface area contributed by atoms with Crippen LogP contribution in [0.1, 0.15) is 23.6 Å². The fourth-order valence-corrected chi connectivity index (χ4v) is 3.42. The molecule has 3 rings (SSSR count). The number of rotatable bonds is 5. The van der Waals surface area contributed by atoms with E-state index in [2.05, 4.69) is 0 Å². The topological polar surface area (TPSA) is 153 Å². The van der Waals surface area contributed by atoms with Crippen LogP contribution in [0.15, 0.2) is 48.5 Å². The number of para-hydroxylation sites is 2. The smallest absolute Gasteiger partial charge is 0.329 e. The third-order valence-corrected chi connectivity index (χ3v) is 4.69. The van der Waals surface area contributed by atoms with Crippen molar-refractivity contribution >= 4 is 11.9 Å². The van der Waals surface area contributed by atoms with Gasteiger partial charge < -0.3 is 26.6 Å². The van der Waals surface area contributed by atoms with Crippen LogP contribution in [0, 0.1) is 0 Å². The normalized spacial score (nSPS) is 20.5. The van der Waals surface area contributed by atoms with Crippen LogP contribution in [-0.4, -0.2) is 43.8 Å². The Morgan fingerprint density at radius 2 is 1.54 bits per heavy atom. The molecule has 0 aliphatic carbocycles. The molecule has 2 atom stereocenters. The van der Waals surface area contributed by atoms with Crippen LogP contribution >= 0.6 is 0 Å². The molecule has 1 aliphatic rings. The van der Waals surface area contributed by atoms with E-state index in [-0.39, 0.29) is 41.7 Å². The van der Waals surface area contributed by atoms with Crippen molar-refractivity contribution in [2.24, 2.45) is 0 Å². The van der Waals surface area contributed by atoms with E-state index in [1.165, 1.54) is 29.2 Å². The van der Waals surface area contributed by atoms with Gasteiger partial charge in [0.25, 0.3) is 0 Å². The maximum absolute atomic E-state index is 12.1. The number of phenolic OH excluding ortho intramolecular Hbond substituents is 2. The summed E-state index contributed by atoms with van der Waals surface area (Å²) in [6.07, 6.45) is 0.150. The van der Waals surface area contributed by atoms with Gasteiger partial charge in [-0.2, -0.15) is 0 Å². The van der Waals surface area contributed by atoms with Crippen molar-refractivity contribution in [2.45, 2.75) is 18.0 Å². The van der Waals surface area contributed by atoms with Gasteiger partial charge in [0, 0.05) is 17.7 Å². The van der Waals surface area contributed by atoms with Gasteiger partial charge in [0.15, 0.2) is 5.54 Å². The van der Waals surface area contributed by atoms with Crippen molar-refractivity contribution in [3.8, 4) is 11.5 Å². The summed E-state index contributed by atoms with van der Waals surface area (Å²) in [5.74, 6) is -2.96. The van der Waals surface area contributed by atoms with Crippen LogP contribution in [0.5, 0.6) is 11.5 Å². The van der Waals surface area contributed by atoms with Crippen LogP contribution in [0.4, 0.5) is 0 Å². The molecule has 1 saturated heterocycles. The Kier molecular flexibility index (Phi) is 5.20. The van der Waals surface area contributed by atoms with E-state index in [0.29, 0.717) is 0 Å². The fourth-order valence-electron chi connectivity index (χ4n) is 3.42. The number of nitrogens with zero attached hydrogens (tertiary/aromatic N) is 1. The number of carboxylic acid groups (broad SMARTS) is 2. The number of aliphatic carboxylic acids is 2. The number of hydrogen-bond acceptors (Lipinski definition) is 6.